The number of hydrogen-bond donors (Lipinski definition) is 2. The first-order valence-corrected chi connectivity index (χ1v) is 9.32. The molecule has 2 N–H and O–H groups in total. The van der Waals surface area contributed by atoms with Crippen molar-refractivity contribution >= 4 is 18.0 Å². The summed E-state index contributed by atoms with van der Waals surface area (Å²) in [6.45, 7) is 5.16. The number of aliphatic hydroxyl groups is 1. The molecule has 0 bridgehead atoms. The molecular weight excluding hydrogens is 388 g/mol. The van der Waals surface area contributed by atoms with E-state index in [0.717, 1.165) is 11.0 Å². The van der Waals surface area contributed by atoms with Crippen LogP contribution in [0.1, 0.15) is 27.2 Å². The molecule has 2 aliphatic heterocycles. The van der Waals surface area contributed by atoms with Crippen molar-refractivity contribution in [2.75, 3.05) is 20.3 Å². The van der Waals surface area contributed by atoms with Crippen molar-refractivity contribution in [1.82, 2.24) is 10.2 Å². The van der Waals surface area contributed by atoms with Crippen molar-refractivity contribution < 1.29 is 33.0 Å². The van der Waals surface area contributed by atoms with E-state index in [-0.39, 0.29) is 31.2 Å². The highest BCUT2D eigenvalue weighted by Gasteiger charge is 2.55. The Hall–Kier alpha value is -2.33. The van der Waals surface area contributed by atoms with Crippen LogP contribution in [-0.4, -0.2) is 71.6 Å². The molecule has 2 amide bonds. The molecule has 0 spiro atoms. The van der Waals surface area contributed by atoms with Crippen LogP contribution in [0.15, 0.2) is 28.5 Å². The van der Waals surface area contributed by atoms with Gasteiger partial charge in [-0.1, -0.05) is 0 Å². The molecule has 3 rings (SSSR count). The molecule has 0 saturated carbocycles. The highest BCUT2D eigenvalue weighted by molar-refractivity contribution is 6.05. The smallest absolute Gasteiger partial charge is 0.437 e. The number of alkyl halides is 1. The van der Waals surface area contributed by atoms with Crippen LogP contribution in [0.4, 0.5) is 13.6 Å². The molecule has 0 aromatic rings. The van der Waals surface area contributed by atoms with E-state index in [0.29, 0.717) is 6.08 Å². The van der Waals surface area contributed by atoms with Gasteiger partial charge in [0, 0.05) is 19.2 Å². The third-order valence-electron chi connectivity index (χ3n) is 5.05. The van der Waals surface area contributed by atoms with Gasteiger partial charge in [-0.15, -0.1) is 4.99 Å². The lowest BCUT2D eigenvalue weighted by atomic mass is 9.71. The topological polar surface area (TPSA) is 100 Å². The molecule has 29 heavy (non-hydrogen) atoms. The summed E-state index contributed by atoms with van der Waals surface area (Å²) >= 11 is 0. The van der Waals surface area contributed by atoms with Crippen LogP contribution < -0.4 is 5.32 Å². The third kappa shape index (κ3) is 4.04. The molecule has 4 atom stereocenters. The Labute approximate surface area is 167 Å². The van der Waals surface area contributed by atoms with Crippen molar-refractivity contribution in [2.24, 2.45) is 10.9 Å². The highest BCUT2D eigenvalue weighted by atomic mass is 19.1. The van der Waals surface area contributed by atoms with Crippen molar-refractivity contribution in [3.8, 4) is 0 Å². The van der Waals surface area contributed by atoms with Crippen molar-refractivity contribution in [1.29, 1.82) is 0 Å². The van der Waals surface area contributed by atoms with E-state index in [1.807, 2.05) is 0 Å². The molecular formula is C19H25F2N3O5. The maximum Gasteiger partial charge on any atom is 0.437 e. The number of aliphatic hydroxyl groups excluding tert-OH is 1. The number of fused-ring (bicyclic) bond motifs is 1. The van der Waals surface area contributed by atoms with E-state index in [1.165, 1.54) is 7.05 Å². The maximum atomic E-state index is 14.7. The van der Waals surface area contributed by atoms with Gasteiger partial charge in [0.25, 0.3) is 0 Å². The average molecular weight is 413 g/mol. The second-order valence-corrected chi connectivity index (χ2v) is 8.33. The highest BCUT2D eigenvalue weighted by Crippen LogP contribution is 2.42. The van der Waals surface area contributed by atoms with E-state index in [4.69, 9.17) is 9.47 Å². The lowest BCUT2D eigenvalue weighted by Crippen LogP contribution is -2.71. The molecule has 0 aromatic carbocycles. The number of amides is 2. The van der Waals surface area contributed by atoms with Crippen molar-refractivity contribution in [3.63, 3.8) is 0 Å². The van der Waals surface area contributed by atoms with Crippen LogP contribution in [0.2, 0.25) is 0 Å². The van der Waals surface area contributed by atoms with Gasteiger partial charge in [0.1, 0.15) is 23.1 Å². The van der Waals surface area contributed by atoms with Gasteiger partial charge in [-0.25, -0.2) is 13.6 Å². The average Bonchev–Trinajstić information content (AvgIpc) is 2.61. The van der Waals surface area contributed by atoms with Crippen molar-refractivity contribution in [2.45, 2.75) is 50.6 Å². The first-order chi connectivity index (χ1) is 13.4. The summed E-state index contributed by atoms with van der Waals surface area (Å²) in [7, 11) is 1.44. The molecule has 0 radical (unpaired) electrons. The van der Waals surface area contributed by atoms with E-state index in [2.05, 4.69) is 10.3 Å². The predicted octanol–water partition coefficient (Wildman–Crippen LogP) is 1.61. The first kappa shape index (κ1) is 21.4. The summed E-state index contributed by atoms with van der Waals surface area (Å²) in [5.74, 6) is -2.20. The molecule has 1 aliphatic carbocycles. The molecule has 0 aromatic heterocycles. The zero-order chi connectivity index (χ0) is 21.6. The van der Waals surface area contributed by atoms with Gasteiger partial charge < -0.3 is 19.9 Å². The fourth-order valence-electron chi connectivity index (χ4n) is 3.70. The van der Waals surface area contributed by atoms with E-state index in [9.17, 15) is 23.5 Å². The predicted molar refractivity (Wildman–Crippen MR) is 99.4 cm³/mol. The maximum absolute atomic E-state index is 14.7. The normalized spacial score (nSPS) is 34.2. The van der Waals surface area contributed by atoms with Gasteiger partial charge in [0.05, 0.1) is 12.5 Å². The second-order valence-electron chi connectivity index (χ2n) is 8.33. The standard InChI is InChI=1S/C19H25F2N3O5/c1-18(2,3)29-17(27)22-16-23-19(11-7-14(25)13(21)8-12(11)20)9-28-6-5-10(19)15(26)24(16)4/h7-8,10,13-14,25H,5-6,9H2,1-4H3,(H,22,23,27)/t10-,13?,14?,19-/m0/s1. The van der Waals surface area contributed by atoms with Gasteiger partial charge in [0.15, 0.2) is 6.17 Å². The van der Waals surface area contributed by atoms with Gasteiger partial charge in [0.2, 0.25) is 11.9 Å². The quantitative estimate of drug-likeness (QED) is 0.678. The fourth-order valence-corrected chi connectivity index (χ4v) is 3.70. The Morgan fingerprint density at radius 2 is 2.14 bits per heavy atom. The largest absolute Gasteiger partial charge is 0.442 e. The zero-order valence-electron chi connectivity index (χ0n) is 16.7. The second kappa shape index (κ2) is 7.49. The third-order valence-corrected chi connectivity index (χ3v) is 5.05. The van der Waals surface area contributed by atoms with Crippen LogP contribution in [0.5, 0.6) is 0 Å². The van der Waals surface area contributed by atoms with Gasteiger partial charge in [-0.3, -0.25) is 9.69 Å². The number of nitrogens with zero attached hydrogens (tertiary/aromatic N) is 2. The number of rotatable bonds is 1. The molecule has 2 fully saturated rings. The number of ether oxygens (including phenoxy) is 2. The number of nitrogens with one attached hydrogen (secondary N) is 1. The molecule has 160 valence electrons. The minimum atomic E-state index is -1.89. The Balaban J connectivity index is 2.04. The molecule has 8 nitrogen and oxygen atoms in total. The number of hydrogen-bond acceptors (Lipinski definition) is 5. The number of carbonyl (C=O) groups excluding carboxylic acids is 2. The fraction of sp³-hybridized carbons (Fsp3) is 0.632. The molecule has 2 heterocycles. The Morgan fingerprint density at radius 3 is 2.79 bits per heavy atom. The Kier molecular flexibility index (Phi) is 5.52. The summed E-state index contributed by atoms with van der Waals surface area (Å²) < 4.78 is 39.1. The van der Waals surface area contributed by atoms with Crippen LogP contribution in [0, 0.1) is 5.92 Å². The van der Waals surface area contributed by atoms with E-state index in [1.54, 1.807) is 20.8 Å². The molecule has 10 heteroatoms. The summed E-state index contributed by atoms with van der Waals surface area (Å²) in [4.78, 5) is 30.2. The van der Waals surface area contributed by atoms with Gasteiger partial charge >= 0.3 is 6.09 Å². The van der Waals surface area contributed by atoms with Gasteiger partial charge in [-0.2, -0.15) is 0 Å². The zero-order valence-corrected chi connectivity index (χ0v) is 16.7. The Bertz CT molecular complexity index is 804. The molecule has 2 saturated heterocycles. The number of carbonyl (C=O) groups is 2. The van der Waals surface area contributed by atoms with Crippen LogP contribution in [-0.2, 0) is 14.3 Å². The molecule has 3 aliphatic rings. The van der Waals surface area contributed by atoms with Crippen LogP contribution in [0.25, 0.3) is 0 Å². The van der Waals surface area contributed by atoms with E-state index >= 15 is 0 Å². The minimum Gasteiger partial charge on any atom is -0.442 e. The number of aliphatic imine (C=N–C) groups is 1. The first-order valence-electron chi connectivity index (χ1n) is 9.32. The summed E-state index contributed by atoms with van der Waals surface area (Å²) in [5.41, 5.74) is -2.33. The van der Waals surface area contributed by atoms with Crippen molar-refractivity contribution in [3.05, 3.63) is 23.6 Å². The summed E-state index contributed by atoms with van der Waals surface area (Å²) in [6, 6.07) is 0. The van der Waals surface area contributed by atoms with Crippen LogP contribution >= 0.6 is 0 Å². The van der Waals surface area contributed by atoms with E-state index < -0.39 is 47.2 Å². The Morgan fingerprint density at radius 1 is 1.45 bits per heavy atom. The minimum absolute atomic E-state index is 0.0954. The lowest BCUT2D eigenvalue weighted by Gasteiger charge is -2.51. The number of guanidine groups is 1. The molecule has 2 unspecified atom stereocenters. The lowest BCUT2D eigenvalue weighted by molar-refractivity contribution is -0.140. The van der Waals surface area contributed by atoms with Gasteiger partial charge in [-0.05, 0) is 39.3 Å². The summed E-state index contributed by atoms with van der Waals surface area (Å²) in [5, 5.41) is 12.9. The summed E-state index contributed by atoms with van der Waals surface area (Å²) in [6.07, 6.45) is -2.41. The SMILES string of the molecule is CN1C(=O)[C@@H]2CCOC[C@]2(C2=CC(O)C(F)C=C2F)NC1=NC(=O)OC(C)(C)C. The monoisotopic (exact) mass is 413 g/mol. The van der Waals surface area contributed by atoms with Crippen LogP contribution in [0.3, 0.4) is 0 Å². The number of halogens is 2.